The molecule has 5 N–H and O–H groups in total. The van der Waals surface area contributed by atoms with E-state index < -0.39 is 0 Å². The van der Waals surface area contributed by atoms with Crippen LogP contribution in [-0.2, 0) is 6.42 Å². The topological polar surface area (TPSA) is 92.8 Å². The highest BCUT2D eigenvalue weighted by Gasteiger charge is 2.17. The summed E-state index contributed by atoms with van der Waals surface area (Å²) in [5.74, 6) is 1.17. The second-order valence-corrected chi connectivity index (χ2v) is 5.69. The molecule has 2 aromatic heterocycles. The number of hydrogen-bond donors (Lipinski definition) is 4. The number of hydrazine groups is 2. The Morgan fingerprint density at radius 3 is 3.00 bits per heavy atom. The van der Waals surface area contributed by atoms with E-state index in [1.165, 1.54) is 0 Å². The van der Waals surface area contributed by atoms with Gasteiger partial charge in [0.15, 0.2) is 5.82 Å². The lowest BCUT2D eigenvalue weighted by atomic mass is 10.1. The van der Waals surface area contributed by atoms with Gasteiger partial charge in [-0.15, -0.1) is 5.53 Å². The average Bonchev–Trinajstić information content (AvgIpc) is 3.16. The standard InChI is InChI=1S/C15H14ClN7/c16-11-2-1-3-12(6-11)23-8-9(7-18-23)4-10-5-13(17)19-15-14(10)20-22-21-15/h1-3,5-8,20,22H,4H2,(H3,17,19,21). The van der Waals surface area contributed by atoms with Gasteiger partial charge in [-0.1, -0.05) is 17.7 Å². The Hall–Kier alpha value is -2.77. The molecule has 7 nitrogen and oxygen atoms in total. The van der Waals surface area contributed by atoms with Gasteiger partial charge in [0.1, 0.15) is 5.82 Å². The van der Waals surface area contributed by atoms with Crippen molar-refractivity contribution in [3.8, 4) is 5.69 Å². The third-order valence-corrected chi connectivity index (χ3v) is 3.83. The number of nitrogen functional groups attached to an aromatic ring is 1. The number of nitrogens with one attached hydrogen (secondary N) is 3. The maximum absolute atomic E-state index is 6.03. The predicted molar refractivity (Wildman–Crippen MR) is 90.4 cm³/mol. The van der Waals surface area contributed by atoms with E-state index in [1.54, 1.807) is 4.68 Å². The summed E-state index contributed by atoms with van der Waals surface area (Å²) in [6, 6.07) is 9.42. The number of halogens is 1. The zero-order chi connectivity index (χ0) is 15.8. The normalized spacial score (nSPS) is 12.6. The van der Waals surface area contributed by atoms with Crippen molar-refractivity contribution in [2.24, 2.45) is 0 Å². The van der Waals surface area contributed by atoms with Crippen molar-refractivity contribution in [3.63, 3.8) is 0 Å². The van der Waals surface area contributed by atoms with E-state index in [0.29, 0.717) is 23.1 Å². The van der Waals surface area contributed by atoms with Crippen molar-refractivity contribution >= 4 is 28.9 Å². The minimum absolute atomic E-state index is 0.471. The molecule has 1 aliphatic heterocycles. The van der Waals surface area contributed by atoms with Crippen LogP contribution < -0.4 is 22.1 Å². The summed E-state index contributed by atoms with van der Waals surface area (Å²) in [7, 11) is 0. The first-order chi connectivity index (χ1) is 11.2. The largest absolute Gasteiger partial charge is 0.384 e. The third-order valence-electron chi connectivity index (χ3n) is 3.59. The lowest BCUT2D eigenvalue weighted by Gasteiger charge is -2.06. The first-order valence-electron chi connectivity index (χ1n) is 7.05. The SMILES string of the molecule is Nc1cc(Cc2cnn(-c3cccc(Cl)c3)c2)c2c(n1)NNN2. The summed E-state index contributed by atoms with van der Waals surface area (Å²) in [6.45, 7) is 0. The van der Waals surface area contributed by atoms with E-state index in [1.807, 2.05) is 42.7 Å². The molecule has 3 heterocycles. The Balaban J connectivity index is 1.64. The minimum atomic E-state index is 0.471. The third kappa shape index (κ3) is 2.67. The van der Waals surface area contributed by atoms with Crippen LogP contribution in [0.4, 0.5) is 17.3 Å². The number of aromatic nitrogens is 3. The average molecular weight is 328 g/mol. The van der Waals surface area contributed by atoms with Gasteiger partial charge in [-0.25, -0.2) is 9.67 Å². The van der Waals surface area contributed by atoms with Crippen molar-refractivity contribution in [1.82, 2.24) is 20.3 Å². The van der Waals surface area contributed by atoms with Crippen LogP contribution in [0.3, 0.4) is 0 Å². The summed E-state index contributed by atoms with van der Waals surface area (Å²) in [4.78, 5) is 4.22. The molecule has 0 unspecified atom stereocenters. The molecule has 3 aromatic rings. The van der Waals surface area contributed by atoms with Crippen LogP contribution in [0.2, 0.25) is 5.02 Å². The Kier molecular flexibility index (Phi) is 3.29. The highest BCUT2D eigenvalue weighted by atomic mass is 35.5. The van der Waals surface area contributed by atoms with Crippen LogP contribution in [0.1, 0.15) is 11.1 Å². The molecule has 0 amide bonds. The molecule has 0 aliphatic carbocycles. The maximum Gasteiger partial charge on any atom is 0.169 e. The fraction of sp³-hybridized carbons (Fsp3) is 0.0667. The van der Waals surface area contributed by atoms with Crippen LogP contribution in [0.25, 0.3) is 5.69 Å². The number of nitrogens with two attached hydrogens (primary N) is 1. The summed E-state index contributed by atoms with van der Waals surface area (Å²) in [6.07, 6.45) is 4.50. The summed E-state index contributed by atoms with van der Waals surface area (Å²) >= 11 is 6.03. The van der Waals surface area contributed by atoms with Gasteiger partial charge < -0.3 is 11.2 Å². The van der Waals surface area contributed by atoms with Crippen LogP contribution in [0.5, 0.6) is 0 Å². The van der Waals surface area contributed by atoms with E-state index in [2.05, 4.69) is 26.5 Å². The molecule has 0 fully saturated rings. The monoisotopic (exact) mass is 327 g/mol. The predicted octanol–water partition coefficient (Wildman–Crippen LogP) is 2.35. The molecule has 0 spiro atoms. The molecule has 4 rings (SSSR count). The van der Waals surface area contributed by atoms with Gasteiger partial charge in [0.05, 0.1) is 17.6 Å². The number of benzene rings is 1. The van der Waals surface area contributed by atoms with Gasteiger partial charge in [0.25, 0.3) is 0 Å². The van der Waals surface area contributed by atoms with Crippen molar-refractivity contribution in [1.29, 1.82) is 0 Å². The molecule has 8 heteroatoms. The van der Waals surface area contributed by atoms with Crippen molar-refractivity contribution in [2.75, 3.05) is 16.6 Å². The van der Waals surface area contributed by atoms with Crippen LogP contribution in [-0.4, -0.2) is 14.8 Å². The number of hydrogen-bond acceptors (Lipinski definition) is 6. The Morgan fingerprint density at radius 1 is 1.22 bits per heavy atom. The molecule has 0 saturated heterocycles. The van der Waals surface area contributed by atoms with E-state index in [4.69, 9.17) is 17.3 Å². The van der Waals surface area contributed by atoms with Gasteiger partial charge in [0, 0.05) is 17.6 Å². The smallest absolute Gasteiger partial charge is 0.169 e. The second kappa shape index (κ2) is 5.45. The summed E-state index contributed by atoms with van der Waals surface area (Å²) < 4.78 is 1.80. The Bertz CT molecular complexity index is 874. The highest BCUT2D eigenvalue weighted by Crippen LogP contribution is 2.30. The molecule has 0 saturated carbocycles. The molecule has 1 aromatic carbocycles. The van der Waals surface area contributed by atoms with Crippen molar-refractivity contribution in [3.05, 3.63) is 58.9 Å². The van der Waals surface area contributed by atoms with Crippen molar-refractivity contribution < 1.29 is 0 Å². The summed E-state index contributed by atoms with van der Waals surface area (Å²) in [5.41, 5.74) is 18.6. The van der Waals surface area contributed by atoms with Gasteiger partial charge in [-0.3, -0.25) is 5.43 Å². The van der Waals surface area contributed by atoms with Gasteiger partial charge >= 0.3 is 0 Å². The van der Waals surface area contributed by atoms with E-state index >= 15 is 0 Å². The first-order valence-corrected chi connectivity index (χ1v) is 7.43. The van der Waals surface area contributed by atoms with Gasteiger partial charge in [0.2, 0.25) is 0 Å². The number of rotatable bonds is 3. The van der Waals surface area contributed by atoms with Crippen molar-refractivity contribution in [2.45, 2.75) is 6.42 Å². The Morgan fingerprint density at radius 2 is 2.13 bits per heavy atom. The number of fused-ring (bicyclic) bond motifs is 1. The molecule has 1 aliphatic rings. The maximum atomic E-state index is 6.03. The zero-order valence-electron chi connectivity index (χ0n) is 12.0. The highest BCUT2D eigenvalue weighted by molar-refractivity contribution is 6.30. The van der Waals surface area contributed by atoms with E-state index in [-0.39, 0.29) is 0 Å². The molecular weight excluding hydrogens is 314 g/mol. The van der Waals surface area contributed by atoms with Crippen LogP contribution >= 0.6 is 11.6 Å². The zero-order valence-corrected chi connectivity index (χ0v) is 12.8. The minimum Gasteiger partial charge on any atom is -0.384 e. The fourth-order valence-electron chi connectivity index (χ4n) is 2.57. The van der Waals surface area contributed by atoms with Gasteiger partial charge in [-0.2, -0.15) is 5.10 Å². The van der Waals surface area contributed by atoms with E-state index in [9.17, 15) is 0 Å². The lowest BCUT2D eigenvalue weighted by Crippen LogP contribution is -2.19. The van der Waals surface area contributed by atoms with Crippen LogP contribution in [0, 0.1) is 0 Å². The molecular formula is C15H14ClN7. The van der Waals surface area contributed by atoms with Crippen LogP contribution in [0.15, 0.2) is 42.7 Å². The Labute approximate surface area is 137 Å². The number of pyridine rings is 1. The molecule has 0 bridgehead atoms. The second-order valence-electron chi connectivity index (χ2n) is 5.25. The molecule has 0 atom stereocenters. The number of anilines is 3. The molecule has 116 valence electrons. The molecule has 0 radical (unpaired) electrons. The lowest BCUT2D eigenvalue weighted by molar-refractivity contribution is 0.880. The fourth-order valence-corrected chi connectivity index (χ4v) is 2.76. The quantitative estimate of drug-likeness (QED) is 0.590. The van der Waals surface area contributed by atoms with E-state index in [0.717, 1.165) is 22.5 Å². The number of nitrogens with zero attached hydrogens (tertiary/aromatic N) is 3. The first kappa shape index (κ1) is 13.9. The van der Waals surface area contributed by atoms with Gasteiger partial charge in [-0.05, 0) is 35.4 Å². The molecule has 23 heavy (non-hydrogen) atoms. The summed E-state index contributed by atoms with van der Waals surface area (Å²) in [5, 5.41) is 5.08.